The van der Waals surface area contributed by atoms with Gasteiger partial charge in [0, 0.05) is 50.0 Å². The number of rotatable bonds is 5. The van der Waals surface area contributed by atoms with E-state index in [0.717, 1.165) is 72.3 Å². The molecule has 1 aliphatic heterocycles. The molecule has 5 rings (SSSR count). The van der Waals surface area contributed by atoms with Crippen molar-refractivity contribution in [3.05, 3.63) is 77.4 Å². The van der Waals surface area contributed by atoms with E-state index in [9.17, 15) is 4.39 Å². The van der Waals surface area contributed by atoms with Crippen LogP contribution in [0.5, 0.6) is 5.75 Å². The number of methoxy groups -OCH3 is 1. The predicted molar refractivity (Wildman–Crippen MR) is 128 cm³/mol. The second-order valence-corrected chi connectivity index (χ2v) is 8.55. The number of aryl methyl sites for hydroxylation is 2. The first kappa shape index (κ1) is 21.4. The number of nitrogens with zero attached hydrogens (tertiary/aromatic N) is 5. The first-order chi connectivity index (χ1) is 16.0. The molecule has 1 fully saturated rings. The lowest BCUT2D eigenvalue weighted by molar-refractivity contribution is 0.248. The fraction of sp³-hybridized carbons (Fsp3) is 0.308. The van der Waals surface area contributed by atoms with Gasteiger partial charge in [0.2, 0.25) is 0 Å². The molecule has 3 heterocycles. The quantitative estimate of drug-likeness (QED) is 0.453. The van der Waals surface area contributed by atoms with Crippen LogP contribution in [0.1, 0.15) is 17.0 Å². The molecule has 4 aromatic rings. The van der Waals surface area contributed by atoms with Crippen LogP contribution in [-0.2, 0) is 6.54 Å². The van der Waals surface area contributed by atoms with Crippen molar-refractivity contribution in [3.8, 4) is 16.9 Å². The summed E-state index contributed by atoms with van der Waals surface area (Å²) in [4.78, 5) is 9.56. The van der Waals surface area contributed by atoms with E-state index in [1.165, 1.54) is 7.11 Å². The lowest BCUT2D eigenvalue weighted by Crippen LogP contribution is -2.46. The summed E-state index contributed by atoms with van der Waals surface area (Å²) >= 11 is 0. The van der Waals surface area contributed by atoms with Gasteiger partial charge in [0.15, 0.2) is 17.2 Å². The summed E-state index contributed by atoms with van der Waals surface area (Å²) in [7, 11) is 1.49. The molecule has 0 amide bonds. The SMILES string of the molecule is COc1ccc(CN2CCN(c3cc(C)nc4c(-c5ccccc5)c(C)nn34)CC2)cc1F. The number of hydrogen-bond donors (Lipinski definition) is 0. The lowest BCUT2D eigenvalue weighted by atomic mass is 10.1. The summed E-state index contributed by atoms with van der Waals surface area (Å²) in [6, 6.07) is 17.6. The maximum atomic E-state index is 14.1. The third kappa shape index (κ3) is 4.16. The molecule has 0 radical (unpaired) electrons. The molecule has 0 unspecified atom stereocenters. The topological polar surface area (TPSA) is 45.9 Å². The average molecular weight is 446 g/mol. The van der Waals surface area contributed by atoms with Gasteiger partial charge in [-0.3, -0.25) is 4.90 Å². The summed E-state index contributed by atoms with van der Waals surface area (Å²) in [5.74, 6) is 1.04. The summed E-state index contributed by atoms with van der Waals surface area (Å²) in [5, 5.41) is 4.86. The number of aromatic nitrogens is 3. The average Bonchev–Trinajstić information content (AvgIpc) is 3.15. The molecule has 1 saturated heterocycles. The van der Waals surface area contributed by atoms with E-state index in [-0.39, 0.29) is 11.6 Å². The highest BCUT2D eigenvalue weighted by atomic mass is 19.1. The van der Waals surface area contributed by atoms with E-state index >= 15 is 0 Å². The van der Waals surface area contributed by atoms with Crippen molar-refractivity contribution in [2.24, 2.45) is 0 Å². The Kier molecular flexibility index (Phi) is 5.72. The Balaban J connectivity index is 1.37. The fourth-order valence-corrected chi connectivity index (χ4v) is 4.59. The van der Waals surface area contributed by atoms with Crippen molar-refractivity contribution >= 4 is 11.5 Å². The number of hydrogen-bond acceptors (Lipinski definition) is 5. The van der Waals surface area contributed by atoms with Crippen LogP contribution >= 0.6 is 0 Å². The Bertz CT molecular complexity index is 1280. The number of benzene rings is 2. The Morgan fingerprint density at radius 3 is 2.42 bits per heavy atom. The van der Waals surface area contributed by atoms with Crippen molar-refractivity contribution in [1.29, 1.82) is 0 Å². The van der Waals surface area contributed by atoms with Crippen LogP contribution in [0.4, 0.5) is 10.2 Å². The first-order valence-electron chi connectivity index (χ1n) is 11.3. The Hall–Kier alpha value is -3.45. The molecule has 6 nitrogen and oxygen atoms in total. The van der Waals surface area contributed by atoms with Gasteiger partial charge in [-0.05, 0) is 37.1 Å². The molecule has 2 aromatic carbocycles. The van der Waals surface area contributed by atoms with E-state index < -0.39 is 0 Å². The van der Waals surface area contributed by atoms with Gasteiger partial charge in [0.25, 0.3) is 0 Å². The Morgan fingerprint density at radius 1 is 0.970 bits per heavy atom. The van der Waals surface area contributed by atoms with Crippen LogP contribution in [0, 0.1) is 19.7 Å². The maximum Gasteiger partial charge on any atom is 0.165 e. The number of piperazine rings is 1. The molecule has 0 spiro atoms. The van der Waals surface area contributed by atoms with Crippen LogP contribution in [-0.4, -0.2) is 52.8 Å². The molecule has 0 saturated carbocycles. The van der Waals surface area contributed by atoms with Gasteiger partial charge in [0.1, 0.15) is 5.82 Å². The third-order valence-corrected chi connectivity index (χ3v) is 6.25. The van der Waals surface area contributed by atoms with Gasteiger partial charge >= 0.3 is 0 Å². The predicted octanol–water partition coefficient (Wildman–Crippen LogP) is 4.48. The van der Waals surface area contributed by atoms with Crippen molar-refractivity contribution in [1.82, 2.24) is 19.5 Å². The zero-order valence-electron chi connectivity index (χ0n) is 19.3. The largest absolute Gasteiger partial charge is 0.494 e. The summed E-state index contributed by atoms with van der Waals surface area (Å²) < 4.78 is 21.1. The van der Waals surface area contributed by atoms with Gasteiger partial charge < -0.3 is 9.64 Å². The van der Waals surface area contributed by atoms with Crippen LogP contribution in [0.3, 0.4) is 0 Å². The van der Waals surface area contributed by atoms with E-state index in [4.69, 9.17) is 14.8 Å². The molecule has 170 valence electrons. The molecule has 2 aromatic heterocycles. The molecule has 0 atom stereocenters. The zero-order valence-corrected chi connectivity index (χ0v) is 19.3. The standard InChI is InChI=1S/C26H28FN5O/c1-18-15-24(32-26(28-18)25(19(2)29-32)21-7-5-4-6-8-21)31-13-11-30(12-14-31)17-20-9-10-23(33-3)22(27)16-20/h4-10,15-16H,11-14,17H2,1-3H3. The number of ether oxygens (including phenoxy) is 1. The first-order valence-corrected chi connectivity index (χ1v) is 11.3. The monoisotopic (exact) mass is 445 g/mol. The second-order valence-electron chi connectivity index (χ2n) is 8.55. The molecular weight excluding hydrogens is 417 g/mol. The summed E-state index contributed by atoms with van der Waals surface area (Å²) in [6.45, 7) is 8.33. The zero-order chi connectivity index (χ0) is 22.9. The second kappa shape index (κ2) is 8.83. The molecule has 1 aliphatic rings. The van der Waals surface area contributed by atoms with Crippen molar-refractivity contribution < 1.29 is 9.13 Å². The normalized spacial score (nSPS) is 14.7. The third-order valence-electron chi connectivity index (χ3n) is 6.25. The van der Waals surface area contributed by atoms with Crippen molar-refractivity contribution in [2.45, 2.75) is 20.4 Å². The molecule has 7 heteroatoms. The van der Waals surface area contributed by atoms with E-state index in [2.05, 4.69) is 28.0 Å². The van der Waals surface area contributed by atoms with Crippen LogP contribution in [0.15, 0.2) is 54.6 Å². The minimum atomic E-state index is -0.313. The fourth-order valence-electron chi connectivity index (χ4n) is 4.59. The van der Waals surface area contributed by atoms with E-state index in [0.29, 0.717) is 0 Å². The highest BCUT2D eigenvalue weighted by Gasteiger charge is 2.23. The van der Waals surface area contributed by atoms with Crippen LogP contribution < -0.4 is 9.64 Å². The van der Waals surface area contributed by atoms with Crippen LogP contribution in [0.2, 0.25) is 0 Å². The number of fused-ring (bicyclic) bond motifs is 1. The highest BCUT2D eigenvalue weighted by Crippen LogP contribution is 2.30. The van der Waals surface area contributed by atoms with Crippen molar-refractivity contribution in [3.63, 3.8) is 0 Å². The van der Waals surface area contributed by atoms with Gasteiger partial charge in [-0.25, -0.2) is 9.37 Å². The number of anilines is 1. The molecule has 0 bridgehead atoms. The molecule has 0 aliphatic carbocycles. The van der Waals surface area contributed by atoms with E-state index in [1.54, 1.807) is 12.1 Å². The Labute approximate surface area is 193 Å². The smallest absolute Gasteiger partial charge is 0.165 e. The summed E-state index contributed by atoms with van der Waals surface area (Å²) in [6.07, 6.45) is 0. The highest BCUT2D eigenvalue weighted by molar-refractivity contribution is 5.81. The van der Waals surface area contributed by atoms with Crippen LogP contribution in [0.25, 0.3) is 16.8 Å². The summed E-state index contributed by atoms with van der Waals surface area (Å²) in [5.41, 5.74) is 6.02. The lowest BCUT2D eigenvalue weighted by Gasteiger charge is -2.36. The maximum absolute atomic E-state index is 14.1. The molecular formula is C26H28FN5O. The van der Waals surface area contributed by atoms with Gasteiger partial charge in [-0.2, -0.15) is 9.61 Å². The molecule has 33 heavy (non-hydrogen) atoms. The van der Waals surface area contributed by atoms with E-state index in [1.807, 2.05) is 42.6 Å². The van der Waals surface area contributed by atoms with Crippen molar-refractivity contribution in [2.75, 3.05) is 38.2 Å². The molecule has 0 N–H and O–H groups in total. The Morgan fingerprint density at radius 2 is 1.73 bits per heavy atom. The minimum absolute atomic E-state index is 0.282. The van der Waals surface area contributed by atoms with Gasteiger partial charge in [-0.15, -0.1) is 0 Å². The van der Waals surface area contributed by atoms with Gasteiger partial charge in [0.05, 0.1) is 12.8 Å². The minimum Gasteiger partial charge on any atom is -0.494 e. The van der Waals surface area contributed by atoms with Gasteiger partial charge in [-0.1, -0.05) is 36.4 Å². The number of halogens is 1.